The number of rotatable bonds is 6. The van der Waals surface area contributed by atoms with Gasteiger partial charge in [0.1, 0.15) is 6.04 Å². The van der Waals surface area contributed by atoms with Crippen molar-refractivity contribution in [3.8, 4) is 11.4 Å². The maximum Gasteiger partial charge on any atom is 0.256 e. The molecule has 1 aromatic carbocycles. The van der Waals surface area contributed by atoms with Crippen LogP contribution in [0.3, 0.4) is 0 Å². The minimum Gasteiger partial charge on any atom is -0.339 e. The highest BCUT2D eigenvalue weighted by molar-refractivity contribution is 5.85. The van der Waals surface area contributed by atoms with E-state index >= 15 is 0 Å². The Kier molecular flexibility index (Phi) is 6.06. The summed E-state index contributed by atoms with van der Waals surface area (Å²) < 4.78 is 5.16. The lowest BCUT2D eigenvalue weighted by atomic mass is 10.0. The first kappa shape index (κ1) is 19.7. The number of nitrogens with zero attached hydrogens (tertiary/aromatic N) is 3. The molecule has 3 heterocycles. The first-order chi connectivity index (χ1) is 14.7. The van der Waals surface area contributed by atoms with E-state index in [-0.39, 0.29) is 30.7 Å². The van der Waals surface area contributed by atoms with Crippen LogP contribution in [0.25, 0.3) is 11.4 Å². The summed E-state index contributed by atoms with van der Waals surface area (Å²) in [7, 11) is 0. The minimum absolute atomic E-state index is 0.0322. The molecule has 3 aromatic rings. The molecule has 10 nitrogen and oxygen atoms in total. The second-order valence-corrected chi connectivity index (χ2v) is 6.83. The van der Waals surface area contributed by atoms with Gasteiger partial charge in [0.25, 0.3) is 5.91 Å². The van der Waals surface area contributed by atoms with Crippen LogP contribution in [0.1, 0.15) is 30.3 Å². The third-order valence-electron chi connectivity index (χ3n) is 4.72. The summed E-state index contributed by atoms with van der Waals surface area (Å²) in [5.41, 5.74) is 12.8. The third-order valence-corrected chi connectivity index (χ3v) is 4.72. The first-order valence-electron chi connectivity index (χ1n) is 9.57. The number of nitrogens with one attached hydrogen (secondary N) is 4. The lowest BCUT2D eigenvalue weighted by molar-refractivity contribution is -0.129. The molecule has 0 radical (unpaired) electrons. The highest BCUT2D eigenvalue weighted by atomic mass is 16.5. The number of aromatic nitrogens is 3. The number of hydrogen-bond acceptors (Lipinski definition) is 8. The number of hydrazine groups is 2. The number of hydrogen-bond donors (Lipinski definition) is 4. The fourth-order valence-corrected chi connectivity index (χ4v) is 3.11. The van der Waals surface area contributed by atoms with Crippen molar-refractivity contribution in [3.63, 3.8) is 0 Å². The van der Waals surface area contributed by atoms with Crippen LogP contribution in [0.5, 0.6) is 0 Å². The van der Waals surface area contributed by atoms with Crippen LogP contribution in [0.2, 0.25) is 0 Å². The quantitative estimate of drug-likeness (QED) is 0.441. The molecule has 10 heteroatoms. The average Bonchev–Trinajstić information content (AvgIpc) is 3.47. The fourth-order valence-electron chi connectivity index (χ4n) is 3.11. The number of aryl methyl sites for hydroxylation is 1. The molecular formula is C20H21N7O3. The molecule has 0 aliphatic carbocycles. The summed E-state index contributed by atoms with van der Waals surface area (Å²) in [5, 5.41) is 3.89. The van der Waals surface area contributed by atoms with E-state index in [2.05, 4.69) is 36.8 Å². The van der Waals surface area contributed by atoms with E-state index in [1.54, 1.807) is 24.5 Å². The number of carbonyl (C=O) groups excluding carboxylic acids is 2. The van der Waals surface area contributed by atoms with Crippen LogP contribution in [-0.2, 0) is 16.0 Å². The van der Waals surface area contributed by atoms with Gasteiger partial charge in [-0.1, -0.05) is 35.5 Å². The maximum atomic E-state index is 12.3. The Morgan fingerprint density at radius 1 is 1.07 bits per heavy atom. The van der Waals surface area contributed by atoms with Crippen molar-refractivity contribution in [3.05, 3.63) is 66.3 Å². The Hall–Kier alpha value is -3.63. The monoisotopic (exact) mass is 407 g/mol. The predicted molar refractivity (Wildman–Crippen MR) is 106 cm³/mol. The van der Waals surface area contributed by atoms with Gasteiger partial charge in [-0.2, -0.15) is 4.98 Å². The normalized spacial score (nSPS) is 18.1. The average molecular weight is 407 g/mol. The minimum atomic E-state index is -0.450. The second-order valence-electron chi connectivity index (χ2n) is 6.83. The van der Waals surface area contributed by atoms with Gasteiger partial charge in [0.2, 0.25) is 17.6 Å². The highest BCUT2D eigenvalue weighted by Crippen LogP contribution is 2.21. The van der Waals surface area contributed by atoms with E-state index in [1.165, 1.54) is 0 Å². The SMILES string of the molecule is O=C(CCc1nc(-c2ccncc2)no1)NNC(=O)C1CC(c2ccccc2)NN1. The molecule has 0 spiro atoms. The number of amides is 2. The molecule has 2 atom stereocenters. The zero-order valence-corrected chi connectivity index (χ0v) is 16.0. The standard InChI is InChI=1S/C20H21N7O3/c28-17(6-7-18-22-19(27-30-18)14-8-10-21-11-9-14)25-26-20(29)16-12-15(23-24-16)13-4-2-1-3-5-13/h1-5,8-11,15-16,23-24H,6-7,12H2,(H,25,28)(H,26,29). The third kappa shape index (κ3) is 4.85. The molecule has 154 valence electrons. The van der Waals surface area contributed by atoms with E-state index in [0.717, 1.165) is 11.1 Å². The first-order valence-corrected chi connectivity index (χ1v) is 9.57. The van der Waals surface area contributed by atoms with Gasteiger partial charge in [0, 0.05) is 36.8 Å². The number of benzene rings is 1. The smallest absolute Gasteiger partial charge is 0.256 e. The summed E-state index contributed by atoms with van der Waals surface area (Å²) in [5.74, 6) is 0.120. The summed E-state index contributed by atoms with van der Waals surface area (Å²) in [6.07, 6.45) is 4.21. The summed E-state index contributed by atoms with van der Waals surface area (Å²) in [6.45, 7) is 0. The van der Waals surface area contributed by atoms with Gasteiger partial charge in [0.05, 0.1) is 0 Å². The number of pyridine rings is 1. The molecule has 2 aromatic heterocycles. The summed E-state index contributed by atoms with van der Waals surface area (Å²) in [6, 6.07) is 13.0. The van der Waals surface area contributed by atoms with E-state index in [9.17, 15) is 9.59 Å². The maximum absolute atomic E-state index is 12.3. The molecule has 0 bridgehead atoms. The summed E-state index contributed by atoms with van der Waals surface area (Å²) in [4.78, 5) is 32.5. The number of carbonyl (C=O) groups is 2. The molecular weight excluding hydrogens is 386 g/mol. The molecule has 30 heavy (non-hydrogen) atoms. The predicted octanol–water partition coefficient (Wildman–Crippen LogP) is 0.819. The second kappa shape index (κ2) is 9.25. The Morgan fingerprint density at radius 3 is 2.67 bits per heavy atom. The highest BCUT2D eigenvalue weighted by Gasteiger charge is 2.30. The summed E-state index contributed by atoms with van der Waals surface area (Å²) >= 11 is 0. The Morgan fingerprint density at radius 2 is 1.87 bits per heavy atom. The Labute approximate surface area is 172 Å². The van der Waals surface area contributed by atoms with Crippen LogP contribution in [-0.4, -0.2) is 33.0 Å². The van der Waals surface area contributed by atoms with Crippen LogP contribution in [0.4, 0.5) is 0 Å². The Bertz CT molecular complexity index is 994. The lowest BCUT2D eigenvalue weighted by Crippen LogP contribution is -2.50. The zero-order valence-electron chi connectivity index (χ0n) is 16.0. The molecule has 1 aliphatic rings. The fraction of sp³-hybridized carbons (Fsp3) is 0.250. The van der Waals surface area contributed by atoms with Crippen molar-refractivity contribution in [1.82, 2.24) is 36.8 Å². The van der Waals surface area contributed by atoms with Crippen molar-refractivity contribution in [2.45, 2.75) is 31.3 Å². The van der Waals surface area contributed by atoms with Crippen LogP contribution in [0, 0.1) is 0 Å². The van der Waals surface area contributed by atoms with Crippen molar-refractivity contribution >= 4 is 11.8 Å². The molecule has 2 unspecified atom stereocenters. The van der Waals surface area contributed by atoms with Crippen LogP contribution >= 0.6 is 0 Å². The van der Waals surface area contributed by atoms with Crippen molar-refractivity contribution < 1.29 is 14.1 Å². The van der Waals surface area contributed by atoms with Gasteiger partial charge in [-0.05, 0) is 24.1 Å². The van der Waals surface area contributed by atoms with E-state index in [0.29, 0.717) is 18.1 Å². The van der Waals surface area contributed by atoms with E-state index < -0.39 is 6.04 Å². The van der Waals surface area contributed by atoms with Crippen LogP contribution < -0.4 is 21.7 Å². The Balaban J connectivity index is 1.20. The van der Waals surface area contributed by atoms with Gasteiger partial charge in [-0.25, -0.2) is 10.9 Å². The largest absolute Gasteiger partial charge is 0.339 e. The molecule has 1 saturated heterocycles. The van der Waals surface area contributed by atoms with Crippen molar-refractivity contribution in [2.24, 2.45) is 0 Å². The molecule has 0 saturated carbocycles. The molecule has 1 fully saturated rings. The van der Waals surface area contributed by atoms with Gasteiger partial charge in [-0.3, -0.25) is 25.4 Å². The zero-order chi connectivity index (χ0) is 20.8. The molecule has 2 amide bonds. The van der Waals surface area contributed by atoms with Crippen molar-refractivity contribution in [1.29, 1.82) is 0 Å². The lowest BCUT2D eigenvalue weighted by Gasteiger charge is -2.11. The van der Waals surface area contributed by atoms with E-state index in [4.69, 9.17) is 4.52 Å². The van der Waals surface area contributed by atoms with Gasteiger partial charge < -0.3 is 4.52 Å². The van der Waals surface area contributed by atoms with Crippen molar-refractivity contribution in [2.75, 3.05) is 0 Å². The van der Waals surface area contributed by atoms with Crippen LogP contribution in [0.15, 0.2) is 59.4 Å². The molecule has 4 rings (SSSR count). The van der Waals surface area contributed by atoms with Gasteiger partial charge >= 0.3 is 0 Å². The van der Waals surface area contributed by atoms with E-state index in [1.807, 2.05) is 30.3 Å². The molecule has 4 N–H and O–H groups in total. The molecule has 1 aliphatic heterocycles. The van der Waals surface area contributed by atoms with Gasteiger partial charge in [-0.15, -0.1) is 0 Å². The topological polar surface area (TPSA) is 134 Å². The van der Waals surface area contributed by atoms with Gasteiger partial charge in [0.15, 0.2) is 0 Å².